The van der Waals surface area contributed by atoms with Crippen LogP contribution in [-0.2, 0) is 11.8 Å². The molecule has 0 radical (unpaired) electrons. The van der Waals surface area contributed by atoms with E-state index in [1.807, 2.05) is 12.1 Å². The topological polar surface area (TPSA) is 58.6 Å². The molecule has 2 aromatic rings. The number of aliphatic hydroxyl groups excluding tert-OH is 1. The third-order valence-corrected chi connectivity index (χ3v) is 7.55. The summed E-state index contributed by atoms with van der Waals surface area (Å²) < 4.78 is 18.8. The molecule has 2 aliphatic carbocycles. The van der Waals surface area contributed by atoms with Crippen LogP contribution in [0.3, 0.4) is 0 Å². The highest BCUT2D eigenvalue weighted by molar-refractivity contribution is 6.06. The van der Waals surface area contributed by atoms with Crippen LogP contribution in [-0.4, -0.2) is 24.2 Å². The third-order valence-electron chi connectivity index (χ3n) is 7.55. The van der Waals surface area contributed by atoms with Gasteiger partial charge in [-0.1, -0.05) is 20.8 Å². The minimum atomic E-state index is -0.345. The Morgan fingerprint density at radius 2 is 1.87 bits per heavy atom. The van der Waals surface area contributed by atoms with Gasteiger partial charge in [0.25, 0.3) is 5.91 Å². The van der Waals surface area contributed by atoms with Crippen LogP contribution in [0.2, 0.25) is 0 Å². The smallest absolute Gasteiger partial charge is 0.259 e. The molecule has 0 heterocycles. The monoisotopic (exact) mass is 411 g/mol. The molecule has 2 aliphatic rings. The number of methoxy groups -OCH3 is 1. The molecule has 1 amide bonds. The van der Waals surface area contributed by atoms with Gasteiger partial charge in [0, 0.05) is 5.69 Å². The maximum Gasteiger partial charge on any atom is 0.259 e. The van der Waals surface area contributed by atoms with Gasteiger partial charge in [0.2, 0.25) is 0 Å². The van der Waals surface area contributed by atoms with Gasteiger partial charge in [-0.3, -0.25) is 4.79 Å². The van der Waals surface area contributed by atoms with Gasteiger partial charge in [-0.25, -0.2) is 4.39 Å². The summed E-state index contributed by atoms with van der Waals surface area (Å²) in [4.78, 5) is 13.0. The van der Waals surface area contributed by atoms with Crippen molar-refractivity contribution in [2.75, 3.05) is 12.4 Å². The number of amides is 1. The lowest BCUT2D eigenvalue weighted by atomic mass is 9.49. The molecular weight excluding hydrogens is 381 g/mol. The van der Waals surface area contributed by atoms with E-state index in [9.17, 15) is 14.3 Å². The number of halogens is 1. The van der Waals surface area contributed by atoms with Crippen molar-refractivity contribution in [2.24, 2.45) is 11.3 Å². The number of carbonyl (C=O) groups excluding carboxylic acids is 1. The molecule has 2 N–H and O–H groups in total. The maximum atomic E-state index is 13.2. The standard InChI is InChI=1S/C25H30FNO3/c1-24(2)21-10-5-15-13-18(23(29)27-17-8-6-16(26)7-9-17)20(30-4)14-19(15)25(21,3)12-11-22(24)28/h6-9,13-14,21-22,28H,5,10-12H2,1-4H3,(H,27,29)/t21-,22-,25+/m0/s1. The second-order valence-corrected chi connectivity index (χ2v) is 9.56. The first kappa shape index (κ1) is 20.9. The van der Waals surface area contributed by atoms with Crippen molar-refractivity contribution < 1.29 is 19.0 Å². The van der Waals surface area contributed by atoms with E-state index in [1.54, 1.807) is 19.2 Å². The molecule has 0 aliphatic heterocycles. The Labute approximate surface area is 177 Å². The first-order chi connectivity index (χ1) is 14.2. The van der Waals surface area contributed by atoms with E-state index in [0.29, 0.717) is 22.9 Å². The lowest BCUT2D eigenvalue weighted by molar-refractivity contribution is -0.0731. The molecule has 160 valence electrons. The fourth-order valence-corrected chi connectivity index (χ4v) is 5.79. The normalized spacial score (nSPS) is 27.0. The number of ether oxygens (including phenoxy) is 1. The van der Waals surface area contributed by atoms with Gasteiger partial charge >= 0.3 is 0 Å². The number of fused-ring (bicyclic) bond motifs is 3. The largest absolute Gasteiger partial charge is 0.496 e. The van der Waals surface area contributed by atoms with Crippen molar-refractivity contribution in [1.82, 2.24) is 0 Å². The highest BCUT2D eigenvalue weighted by Gasteiger charge is 2.53. The van der Waals surface area contributed by atoms with E-state index >= 15 is 0 Å². The average molecular weight is 412 g/mol. The zero-order valence-corrected chi connectivity index (χ0v) is 18.1. The van der Waals surface area contributed by atoms with E-state index in [-0.39, 0.29) is 28.7 Å². The predicted octanol–water partition coefficient (Wildman–Crippen LogP) is 5.09. The van der Waals surface area contributed by atoms with Gasteiger partial charge in [-0.2, -0.15) is 0 Å². The Morgan fingerprint density at radius 1 is 1.17 bits per heavy atom. The Balaban J connectivity index is 1.71. The van der Waals surface area contributed by atoms with E-state index in [0.717, 1.165) is 25.7 Å². The number of carbonyl (C=O) groups is 1. The van der Waals surface area contributed by atoms with Crippen molar-refractivity contribution in [2.45, 2.75) is 58.0 Å². The molecule has 0 unspecified atom stereocenters. The van der Waals surface area contributed by atoms with Crippen molar-refractivity contribution in [3.05, 3.63) is 58.9 Å². The van der Waals surface area contributed by atoms with Gasteiger partial charge < -0.3 is 15.2 Å². The summed E-state index contributed by atoms with van der Waals surface area (Å²) >= 11 is 0. The second kappa shape index (κ2) is 7.38. The highest BCUT2D eigenvalue weighted by atomic mass is 19.1. The number of nitrogens with one attached hydrogen (secondary N) is 1. The van der Waals surface area contributed by atoms with Crippen LogP contribution in [0.5, 0.6) is 5.75 Å². The molecule has 0 aromatic heterocycles. The highest BCUT2D eigenvalue weighted by Crippen LogP contribution is 2.57. The Kier molecular flexibility index (Phi) is 5.13. The van der Waals surface area contributed by atoms with Crippen LogP contribution in [0.1, 0.15) is 61.5 Å². The Hall–Kier alpha value is -2.40. The minimum absolute atomic E-state index is 0.0600. The lowest BCUT2D eigenvalue weighted by Gasteiger charge is -2.56. The fraction of sp³-hybridized carbons (Fsp3) is 0.480. The molecular formula is C25H30FNO3. The first-order valence-electron chi connectivity index (χ1n) is 10.6. The summed E-state index contributed by atoms with van der Waals surface area (Å²) in [5.41, 5.74) is 3.21. The third kappa shape index (κ3) is 3.29. The van der Waals surface area contributed by atoms with Gasteiger partial charge in [-0.15, -0.1) is 0 Å². The molecule has 4 rings (SSSR count). The summed E-state index contributed by atoms with van der Waals surface area (Å²) in [6, 6.07) is 9.69. The summed E-state index contributed by atoms with van der Waals surface area (Å²) in [7, 11) is 1.58. The molecule has 0 bridgehead atoms. The number of hydrogen-bond acceptors (Lipinski definition) is 3. The summed E-state index contributed by atoms with van der Waals surface area (Å²) in [6.07, 6.45) is 3.25. The minimum Gasteiger partial charge on any atom is -0.496 e. The van der Waals surface area contributed by atoms with E-state index in [4.69, 9.17) is 4.74 Å². The van der Waals surface area contributed by atoms with Crippen LogP contribution in [0, 0.1) is 17.2 Å². The number of benzene rings is 2. The average Bonchev–Trinajstić information content (AvgIpc) is 2.72. The molecule has 3 atom stereocenters. The molecule has 1 fully saturated rings. The van der Waals surface area contributed by atoms with Crippen LogP contribution in [0.15, 0.2) is 36.4 Å². The van der Waals surface area contributed by atoms with E-state index < -0.39 is 0 Å². The molecule has 0 spiro atoms. The number of anilines is 1. The van der Waals surface area contributed by atoms with Crippen LogP contribution < -0.4 is 10.1 Å². The molecule has 4 nitrogen and oxygen atoms in total. The fourth-order valence-electron chi connectivity index (χ4n) is 5.79. The van der Waals surface area contributed by atoms with Crippen LogP contribution in [0.4, 0.5) is 10.1 Å². The first-order valence-corrected chi connectivity index (χ1v) is 10.6. The zero-order chi connectivity index (χ0) is 21.7. The van der Waals surface area contributed by atoms with E-state index in [1.165, 1.54) is 23.3 Å². The molecule has 0 saturated heterocycles. The SMILES string of the molecule is COc1cc2c(cc1C(=O)Nc1ccc(F)cc1)CC[C@H]1C(C)(C)[C@@H](O)CC[C@]21C. The Morgan fingerprint density at radius 3 is 2.53 bits per heavy atom. The maximum absolute atomic E-state index is 13.2. The van der Waals surface area contributed by atoms with Gasteiger partial charge in [0.1, 0.15) is 11.6 Å². The molecule has 1 saturated carbocycles. The Bertz CT molecular complexity index is 969. The number of aliphatic hydroxyl groups is 1. The second-order valence-electron chi connectivity index (χ2n) is 9.56. The summed E-state index contributed by atoms with van der Waals surface area (Å²) in [5, 5.41) is 13.4. The van der Waals surface area contributed by atoms with Crippen LogP contribution >= 0.6 is 0 Å². The predicted molar refractivity (Wildman–Crippen MR) is 116 cm³/mol. The quantitative estimate of drug-likeness (QED) is 0.740. The molecule has 30 heavy (non-hydrogen) atoms. The van der Waals surface area contributed by atoms with Gasteiger partial charge in [-0.05, 0) is 90.0 Å². The van der Waals surface area contributed by atoms with Crippen molar-refractivity contribution >= 4 is 11.6 Å². The van der Waals surface area contributed by atoms with Gasteiger partial charge in [0.05, 0.1) is 18.8 Å². The zero-order valence-electron chi connectivity index (χ0n) is 18.1. The van der Waals surface area contributed by atoms with Crippen molar-refractivity contribution in [3.8, 4) is 5.75 Å². The van der Waals surface area contributed by atoms with E-state index in [2.05, 4.69) is 26.1 Å². The molecule has 2 aromatic carbocycles. The van der Waals surface area contributed by atoms with Gasteiger partial charge in [0.15, 0.2) is 0 Å². The van der Waals surface area contributed by atoms with Crippen LogP contribution in [0.25, 0.3) is 0 Å². The molecule has 5 heteroatoms. The van der Waals surface area contributed by atoms with Crippen molar-refractivity contribution in [3.63, 3.8) is 0 Å². The van der Waals surface area contributed by atoms with Crippen molar-refractivity contribution in [1.29, 1.82) is 0 Å². The summed E-state index contributed by atoms with van der Waals surface area (Å²) in [6.45, 7) is 6.64. The number of rotatable bonds is 3. The number of aryl methyl sites for hydroxylation is 1. The lowest BCUT2D eigenvalue weighted by Crippen LogP contribution is -2.53. The number of hydrogen-bond donors (Lipinski definition) is 2. The summed E-state index contributed by atoms with van der Waals surface area (Å²) in [5.74, 6) is 0.291.